The number of nitrogens with zero attached hydrogens (tertiary/aromatic N) is 2. The fourth-order valence-electron chi connectivity index (χ4n) is 2.14. The third-order valence-corrected chi connectivity index (χ3v) is 3.79. The number of benzene rings is 1. The van der Waals surface area contributed by atoms with Crippen LogP contribution in [0.3, 0.4) is 0 Å². The van der Waals surface area contributed by atoms with Crippen LogP contribution in [0.2, 0.25) is 5.02 Å². The van der Waals surface area contributed by atoms with Crippen molar-refractivity contribution in [2.45, 2.75) is 19.9 Å². The van der Waals surface area contributed by atoms with Crippen molar-refractivity contribution in [2.24, 2.45) is 5.92 Å². The Balaban J connectivity index is 2.37. The maximum absolute atomic E-state index is 12.4. The van der Waals surface area contributed by atoms with E-state index in [0.717, 1.165) is 0 Å². The molecule has 0 spiro atoms. The Hall–Kier alpha value is -2.34. The van der Waals surface area contributed by atoms with Crippen LogP contribution < -0.4 is 16.2 Å². The van der Waals surface area contributed by atoms with E-state index in [2.05, 4.69) is 15.7 Å². The number of carbonyl (C=O) groups excluding carboxylic acids is 1. The van der Waals surface area contributed by atoms with Gasteiger partial charge in [-0.1, -0.05) is 43.6 Å². The fraction of sp³-hybridized carbons (Fsp3) is 0.312. The van der Waals surface area contributed by atoms with Gasteiger partial charge in [0.2, 0.25) is 5.91 Å². The number of likely N-dealkylation sites (N-methyl/N-ethyl adjacent to an activating group) is 1. The van der Waals surface area contributed by atoms with Crippen LogP contribution in [0, 0.1) is 5.92 Å². The predicted molar refractivity (Wildman–Crippen MR) is 91.2 cm³/mol. The summed E-state index contributed by atoms with van der Waals surface area (Å²) in [4.78, 5) is 24.3. The summed E-state index contributed by atoms with van der Waals surface area (Å²) in [6.07, 6.45) is 1.45. The summed E-state index contributed by atoms with van der Waals surface area (Å²) >= 11 is 6.18. The summed E-state index contributed by atoms with van der Waals surface area (Å²) in [5, 5.41) is 9.72. The number of halogens is 1. The molecule has 1 heterocycles. The van der Waals surface area contributed by atoms with Crippen LogP contribution in [-0.4, -0.2) is 28.8 Å². The lowest BCUT2D eigenvalue weighted by Crippen LogP contribution is -2.42. The monoisotopic (exact) mass is 334 g/mol. The van der Waals surface area contributed by atoms with E-state index in [1.807, 2.05) is 32.0 Å². The average molecular weight is 335 g/mol. The lowest BCUT2D eigenvalue weighted by Gasteiger charge is -2.22. The molecule has 0 bridgehead atoms. The van der Waals surface area contributed by atoms with Crippen molar-refractivity contribution in [1.29, 1.82) is 0 Å². The Morgan fingerprint density at radius 1 is 1.26 bits per heavy atom. The molecule has 122 valence electrons. The molecule has 23 heavy (non-hydrogen) atoms. The van der Waals surface area contributed by atoms with Crippen LogP contribution in [0.5, 0.6) is 0 Å². The number of hydrogen-bond acceptors (Lipinski definition) is 4. The molecule has 1 atom stereocenters. The minimum Gasteiger partial charge on any atom is -0.371 e. The van der Waals surface area contributed by atoms with Crippen LogP contribution in [-0.2, 0) is 4.79 Å². The van der Waals surface area contributed by atoms with Crippen molar-refractivity contribution in [1.82, 2.24) is 15.1 Å². The van der Waals surface area contributed by atoms with Crippen molar-refractivity contribution >= 4 is 23.2 Å². The maximum atomic E-state index is 12.4. The minimum absolute atomic E-state index is 0.00148. The highest BCUT2D eigenvalue weighted by Gasteiger charge is 2.23. The Morgan fingerprint density at radius 2 is 1.91 bits per heavy atom. The van der Waals surface area contributed by atoms with Crippen molar-refractivity contribution in [2.75, 3.05) is 12.4 Å². The van der Waals surface area contributed by atoms with E-state index in [4.69, 9.17) is 11.6 Å². The summed E-state index contributed by atoms with van der Waals surface area (Å²) in [6, 6.07) is 8.49. The topological polar surface area (TPSA) is 76.0 Å². The van der Waals surface area contributed by atoms with E-state index in [1.165, 1.54) is 10.9 Å². The first kappa shape index (κ1) is 17.0. The fourth-order valence-corrected chi connectivity index (χ4v) is 2.33. The molecule has 1 unspecified atom stereocenters. The van der Waals surface area contributed by atoms with Gasteiger partial charge in [0.05, 0.1) is 17.6 Å². The molecule has 1 amide bonds. The molecule has 1 aromatic heterocycles. The molecule has 7 heteroatoms. The zero-order chi connectivity index (χ0) is 17.0. The van der Waals surface area contributed by atoms with Gasteiger partial charge in [0.15, 0.2) is 0 Å². The molecule has 0 saturated heterocycles. The maximum Gasteiger partial charge on any atom is 0.292 e. The second-order valence-corrected chi connectivity index (χ2v) is 5.78. The van der Waals surface area contributed by atoms with E-state index in [9.17, 15) is 9.59 Å². The molecule has 0 aliphatic heterocycles. The van der Waals surface area contributed by atoms with Gasteiger partial charge in [-0.2, -0.15) is 9.78 Å². The molecule has 0 saturated carbocycles. The first-order valence-corrected chi connectivity index (χ1v) is 7.65. The second-order valence-electron chi connectivity index (χ2n) is 5.41. The standard InChI is InChI=1S/C16H19ClN4O2/c1-10(2)14(15(22)18-3)20-12-9-19-21(16(23)13(12)17)11-7-5-4-6-8-11/h4-10,14,20H,1-3H3,(H,18,22). The number of para-hydroxylation sites is 1. The highest BCUT2D eigenvalue weighted by atomic mass is 35.5. The first-order valence-electron chi connectivity index (χ1n) is 7.27. The average Bonchev–Trinajstić information content (AvgIpc) is 2.56. The Bertz CT molecular complexity index is 743. The molecule has 2 rings (SSSR count). The molecule has 2 N–H and O–H groups in total. The normalized spacial score (nSPS) is 12.0. The van der Waals surface area contributed by atoms with Crippen molar-refractivity contribution in [3.63, 3.8) is 0 Å². The van der Waals surface area contributed by atoms with Crippen molar-refractivity contribution in [3.8, 4) is 5.69 Å². The van der Waals surface area contributed by atoms with Gasteiger partial charge in [-0.25, -0.2) is 0 Å². The van der Waals surface area contributed by atoms with E-state index in [1.54, 1.807) is 19.2 Å². The summed E-state index contributed by atoms with van der Waals surface area (Å²) < 4.78 is 1.22. The molecule has 0 radical (unpaired) electrons. The van der Waals surface area contributed by atoms with Gasteiger partial charge in [0.1, 0.15) is 11.1 Å². The second kappa shape index (κ2) is 7.28. The number of rotatable bonds is 5. The van der Waals surface area contributed by atoms with Gasteiger partial charge in [-0.15, -0.1) is 0 Å². The van der Waals surface area contributed by atoms with Crippen LogP contribution in [0.15, 0.2) is 41.3 Å². The molecule has 0 aliphatic rings. The van der Waals surface area contributed by atoms with Gasteiger partial charge in [-0.05, 0) is 18.1 Å². The summed E-state index contributed by atoms with van der Waals surface area (Å²) in [5.74, 6) is -0.161. The molecule has 1 aromatic carbocycles. The Kier molecular flexibility index (Phi) is 5.39. The zero-order valence-corrected chi connectivity index (χ0v) is 14.0. The van der Waals surface area contributed by atoms with Crippen molar-refractivity contribution < 1.29 is 4.79 Å². The van der Waals surface area contributed by atoms with Gasteiger partial charge in [-0.3, -0.25) is 9.59 Å². The highest BCUT2D eigenvalue weighted by Crippen LogP contribution is 2.19. The minimum atomic E-state index is -0.508. The third kappa shape index (κ3) is 3.71. The largest absolute Gasteiger partial charge is 0.371 e. The Labute approximate surface area is 139 Å². The lowest BCUT2D eigenvalue weighted by molar-refractivity contribution is -0.122. The van der Waals surface area contributed by atoms with Gasteiger partial charge in [0, 0.05) is 7.05 Å². The summed E-state index contributed by atoms with van der Waals surface area (Å²) in [6.45, 7) is 3.80. The van der Waals surface area contributed by atoms with Gasteiger partial charge < -0.3 is 10.6 Å². The predicted octanol–water partition coefficient (Wildman–Crippen LogP) is 2.07. The third-order valence-electron chi connectivity index (χ3n) is 3.43. The van der Waals surface area contributed by atoms with E-state index in [-0.39, 0.29) is 16.8 Å². The molecule has 6 nitrogen and oxygen atoms in total. The lowest BCUT2D eigenvalue weighted by atomic mass is 10.0. The number of hydrogen-bond donors (Lipinski definition) is 2. The van der Waals surface area contributed by atoms with Crippen LogP contribution in [0.1, 0.15) is 13.8 Å². The molecule has 2 aromatic rings. The van der Waals surface area contributed by atoms with Crippen LogP contribution in [0.4, 0.5) is 5.69 Å². The highest BCUT2D eigenvalue weighted by molar-refractivity contribution is 6.33. The molecule has 0 aliphatic carbocycles. The van der Waals surface area contributed by atoms with E-state index >= 15 is 0 Å². The number of nitrogens with one attached hydrogen (secondary N) is 2. The number of carbonyl (C=O) groups is 1. The number of anilines is 1. The quantitative estimate of drug-likeness (QED) is 0.877. The van der Waals surface area contributed by atoms with E-state index < -0.39 is 11.6 Å². The summed E-state index contributed by atoms with van der Waals surface area (Å²) in [5.41, 5.74) is 0.520. The molecule has 0 fully saturated rings. The number of amides is 1. The van der Waals surface area contributed by atoms with Crippen LogP contribution in [0.25, 0.3) is 5.69 Å². The zero-order valence-electron chi connectivity index (χ0n) is 13.2. The first-order chi connectivity index (χ1) is 11.0. The van der Waals surface area contributed by atoms with Gasteiger partial charge >= 0.3 is 0 Å². The van der Waals surface area contributed by atoms with E-state index in [0.29, 0.717) is 11.4 Å². The van der Waals surface area contributed by atoms with Gasteiger partial charge in [0.25, 0.3) is 5.56 Å². The number of aromatic nitrogens is 2. The SMILES string of the molecule is CNC(=O)C(Nc1cnn(-c2ccccc2)c(=O)c1Cl)C(C)C. The summed E-state index contributed by atoms with van der Waals surface area (Å²) in [7, 11) is 1.56. The molecular weight excluding hydrogens is 316 g/mol. The smallest absolute Gasteiger partial charge is 0.292 e. The van der Waals surface area contributed by atoms with Crippen molar-refractivity contribution in [3.05, 3.63) is 51.9 Å². The van der Waals surface area contributed by atoms with Crippen LogP contribution >= 0.6 is 11.6 Å². The molecular formula is C16H19ClN4O2. The Morgan fingerprint density at radius 3 is 2.48 bits per heavy atom.